The average Bonchev–Trinajstić information content (AvgIpc) is 2.15. The molecule has 0 bridgehead atoms. The predicted molar refractivity (Wildman–Crippen MR) is 62.1 cm³/mol. The lowest BCUT2D eigenvalue weighted by Gasteiger charge is -2.11. The Morgan fingerprint density at radius 3 is 2.71 bits per heavy atom. The van der Waals surface area contributed by atoms with Gasteiger partial charge in [-0.25, -0.2) is 0 Å². The fourth-order valence-electron chi connectivity index (χ4n) is 1.31. The van der Waals surface area contributed by atoms with Gasteiger partial charge in [-0.15, -0.1) is 0 Å². The molecule has 0 aliphatic carbocycles. The summed E-state index contributed by atoms with van der Waals surface area (Å²) in [7, 11) is 1.35. The van der Waals surface area contributed by atoms with Gasteiger partial charge in [0, 0.05) is 6.07 Å². The van der Waals surface area contributed by atoms with E-state index in [0.29, 0.717) is 5.56 Å². The third kappa shape index (κ3) is 4.71. The second kappa shape index (κ2) is 5.47. The quantitative estimate of drug-likeness (QED) is 0.466. The molecule has 17 heavy (non-hydrogen) atoms. The Morgan fingerprint density at radius 1 is 1.53 bits per heavy atom. The predicted octanol–water partition coefficient (Wildman–Crippen LogP) is 2.89. The van der Waals surface area contributed by atoms with Gasteiger partial charge < -0.3 is 4.74 Å². The van der Waals surface area contributed by atoms with Gasteiger partial charge in [0.25, 0.3) is 11.4 Å². The molecule has 1 aromatic rings. The first-order chi connectivity index (χ1) is 7.79. The van der Waals surface area contributed by atoms with Gasteiger partial charge in [0.1, 0.15) is 6.61 Å². The summed E-state index contributed by atoms with van der Waals surface area (Å²) in [6.45, 7) is 0.766. The zero-order chi connectivity index (χ0) is 13.1. The Bertz CT molecular complexity index is 421. The van der Waals surface area contributed by atoms with Gasteiger partial charge in [-0.2, -0.15) is 8.78 Å². The largest absolute Gasteiger partial charge is 0.370 e. The van der Waals surface area contributed by atoms with Crippen molar-refractivity contribution in [3.8, 4) is 0 Å². The smallest absolute Gasteiger partial charge is 0.281 e. The first kappa shape index (κ1) is 13.9. The van der Waals surface area contributed by atoms with Crippen molar-refractivity contribution in [3.05, 3.63) is 39.4 Å². The minimum absolute atomic E-state index is 0.123. The van der Waals surface area contributed by atoms with Crippen molar-refractivity contribution < 1.29 is 18.4 Å². The fraction of sp³-hybridized carbons (Fsp3) is 0.400. The second-order valence-corrected chi connectivity index (χ2v) is 4.49. The van der Waals surface area contributed by atoms with Crippen molar-refractivity contribution in [1.82, 2.24) is 0 Å². The van der Waals surface area contributed by atoms with E-state index in [-0.39, 0.29) is 12.3 Å². The number of aryl methyl sites for hydroxylation is 1. The molecule has 0 aliphatic heterocycles. The van der Waals surface area contributed by atoms with Crippen LogP contribution in [0.4, 0.5) is 14.5 Å². The van der Waals surface area contributed by atoms with Gasteiger partial charge in [-0.3, -0.25) is 10.1 Å². The lowest BCUT2D eigenvalue weighted by Crippen LogP contribution is -2.15. The molecular weight excluding hydrogens is 251 g/mol. The number of halogens is 2. The normalized spacial score (nSPS) is 11.5. The Labute approximate surface area is 99.3 Å². The maximum Gasteiger partial charge on any atom is 0.281 e. The lowest BCUT2D eigenvalue weighted by atomic mass is 10.1. The zero-order valence-electron chi connectivity index (χ0n) is 9.15. The molecule has 0 N–H and O–H groups in total. The highest BCUT2D eigenvalue weighted by molar-refractivity contribution is 7.18. The molecule has 0 heterocycles. The Morgan fingerprint density at radius 2 is 2.18 bits per heavy atom. The first-order valence-electron chi connectivity index (χ1n) is 4.78. The molecule has 1 rings (SSSR count). The SMILES string of the molecule is Cc1ccc([N+](=O)[O-])c(COCC(F)(F)P)c1. The standard InChI is InChI=1S/C10H12F2NO3P/c1-7-2-3-9(13(14)15)8(4-7)5-16-6-10(11,12)17/h2-4H,5-6,17H2,1H3. The van der Waals surface area contributed by atoms with Crippen molar-refractivity contribution >= 4 is 14.9 Å². The van der Waals surface area contributed by atoms with Crippen LogP contribution in [0.15, 0.2) is 18.2 Å². The summed E-state index contributed by atoms with van der Waals surface area (Å²) in [5.74, 6) is 0. The molecule has 0 saturated heterocycles. The van der Waals surface area contributed by atoms with Gasteiger partial charge in [0.2, 0.25) is 0 Å². The zero-order valence-corrected chi connectivity index (χ0v) is 10.3. The third-order valence-corrected chi connectivity index (χ3v) is 2.15. The summed E-state index contributed by atoms with van der Waals surface area (Å²) >= 11 is 0. The van der Waals surface area contributed by atoms with Gasteiger partial charge in [0.15, 0.2) is 0 Å². The van der Waals surface area contributed by atoms with Crippen molar-refractivity contribution in [2.24, 2.45) is 0 Å². The highest BCUT2D eigenvalue weighted by Gasteiger charge is 2.22. The van der Waals surface area contributed by atoms with E-state index in [1.165, 1.54) is 15.3 Å². The molecule has 0 aliphatic rings. The van der Waals surface area contributed by atoms with Crippen LogP contribution in [-0.4, -0.2) is 17.2 Å². The fourth-order valence-corrected chi connectivity index (χ4v) is 1.42. The summed E-state index contributed by atoms with van der Waals surface area (Å²) in [5, 5.41) is 10.7. The molecule has 0 radical (unpaired) electrons. The summed E-state index contributed by atoms with van der Waals surface area (Å²) < 4.78 is 29.7. The van der Waals surface area contributed by atoms with Crippen LogP contribution < -0.4 is 0 Å². The number of benzene rings is 1. The van der Waals surface area contributed by atoms with Crippen molar-refractivity contribution in [2.45, 2.75) is 19.2 Å². The maximum absolute atomic E-state index is 12.5. The van der Waals surface area contributed by atoms with Crippen LogP contribution in [0.2, 0.25) is 0 Å². The van der Waals surface area contributed by atoms with E-state index in [9.17, 15) is 18.9 Å². The van der Waals surface area contributed by atoms with Crippen molar-refractivity contribution in [3.63, 3.8) is 0 Å². The number of nitrogens with zero attached hydrogens (tertiary/aromatic N) is 1. The van der Waals surface area contributed by atoms with Crippen LogP contribution in [0, 0.1) is 17.0 Å². The second-order valence-electron chi connectivity index (χ2n) is 3.64. The number of nitro groups is 1. The number of hydrogen-bond acceptors (Lipinski definition) is 3. The van der Waals surface area contributed by atoms with Crippen LogP contribution in [0.1, 0.15) is 11.1 Å². The minimum atomic E-state index is -3.02. The van der Waals surface area contributed by atoms with Crippen molar-refractivity contribution in [2.75, 3.05) is 6.61 Å². The monoisotopic (exact) mass is 263 g/mol. The summed E-state index contributed by atoms with van der Waals surface area (Å²) in [6, 6.07) is 4.48. The molecule has 1 atom stereocenters. The van der Waals surface area contributed by atoms with Crippen LogP contribution >= 0.6 is 9.24 Å². The van der Waals surface area contributed by atoms with Gasteiger partial charge in [-0.1, -0.05) is 20.9 Å². The van der Waals surface area contributed by atoms with Crippen LogP contribution in [0.5, 0.6) is 0 Å². The Balaban J connectivity index is 2.75. The lowest BCUT2D eigenvalue weighted by molar-refractivity contribution is -0.386. The van der Waals surface area contributed by atoms with E-state index in [0.717, 1.165) is 5.56 Å². The first-order valence-corrected chi connectivity index (χ1v) is 5.36. The Hall–Kier alpha value is -1.13. The molecule has 0 fully saturated rings. The molecule has 1 aromatic carbocycles. The molecular formula is C10H12F2NO3P. The minimum Gasteiger partial charge on any atom is -0.370 e. The van der Waals surface area contributed by atoms with Crippen LogP contribution in [-0.2, 0) is 11.3 Å². The highest BCUT2D eigenvalue weighted by Crippen LogP contribution is 2.24. The molecule has 7 heteroatoms. The van der Waals surface area contributed by atoms with E-state index in [1.807, 2.05) is 0 Å². The molecule has 0 amide bonds. The maximum atomic E-state index is 12.5. The summed E-state index contributed by atoms with van der Waals surface area (Å²) in [4.78, 5) is 10.1. The topological polar surface area (TPSA) is 52.4 Å². The number of hydrogen-bond donors (Lipinski definition) is 0. The number of nitro benzene ring substituents is 1. The van der Waals surface area contributed by atoms with E-state index >= 15 is 0 Å². The number of rotatable bonds is 5. The summed E-state index contributed by atoms with van der Waals surface area (Å²) in [5.41, 5.74) is -2.03. The molecule has 0 aromatic heterocycles. The van der Waals surface area contributed by atoms with Gasteiger partial charge >= 0.3 is 0 Å². The van der Waals surface area contributed by atoms with E-state index in [4.69, 9.17) is 4.74 Å². The number of alkyl halides is 2. The molecule has 4 nitrogen and oxygen atoms in total. The van der Waals surface area contributed by atoms with E-state index < -0.39 is 17.2 Å². The van der Waals surface area contributed by atoms with E-state index in [2.05, 4.69) is 0 Å². The highest BCUT2D eigenvalue weighted by atomic mass is 31.0. The molecule has 94 valence electrons. The molecule has 1 unspecified atom stereocenters. The molecule has 0 saturated carbocycles. The van der Waals surface area contributed by atoms with Crippen LogP contribution in [0.3, 0.4) is 0 Å². The summed E-state index contributed by atoms with van der Waals surface area (Å²) in [6.07, 6.45) is 0. The molecule has 0 spiro atoms. The number of ether oxygens (including phenoxy) is 1. The van der Waals surface area contributed by atoms with E-state index in [1.54, 1.807) is 19.1 Å². The Kier molecular flexibility index (Phi) is 4.48. The van der Waals surface area contributed by atoms with Crippen LogP contribution in [0.25, 0.3) is 0 Å². The third-order valence-electron chi connectivity index (χ3n) is 1.98. The van der Waals surface area contributed by atoms with Crippen molar-refractivity contribution in [1.29, 1.82) is 0 Å². The van der Waals surface area contributed by atoms with Gasteiger partial charge in [0.05, 0.1) is 17.1 Å². The van der Waals surface area contributed by atoms with Gasteiger partial charge in [-0.05, 0) is 13.0 Å². The average molecular weight is 263 g/mol.